The third kappa shape index (κ3) is 8.01. The van der Waals surface area contributed by atoms with Crippen LogP contribution in [0.25, 0.3) is 10.4 Å². The Morgan fingerprint density at radius 2 is 1.73 bits per heavy atom. The molecule has 1 aromatic heterocycles. The van der Waals surface area contributed by atoms with Gasteiger partial charge in [-0.05, 0) is 83.9 Å². The van der Waals surface area contributed by atoms with E-state index in [0.717, 1.165) is 37.0 Å². The van der Waals surface area contributed by atoms with E-state index < -0.39 is 28.6 Å². The first-order valence-corrected chi connectivity index (χ1v) is 18.2. The van der Waals surface area contributed by atoms with Crippen LogP contribution in [0.4, 0.5) is 5.69 Å². The van der Waals surface area contributed by atoms with Gasteiger partial charge in [-0.3, -0.25) is 4.31 Å². The fraction of sp³-hybridized carbons (Fsp3) is 0.438. The lowest BCUT2D eigenvalue weighted by Crippen LogP contribution is -2.46. The minimum absolute atomic E-state index is 0.0458. The Morgan fingerprint density at radius 1 is 1.00 bits per heavy atom. The van der Waals surface area contributed by atoms with Gasteiger partial charge in [-0.25, -0.2) is 18.0 Å². The van der Waals surface area contributed by atoms with E-state index in [1.165, 1.54) is 10.7 Å². The van der Waals surface area contributed by atoms with Crippen molar-refractivity contribution < 1.29 is 32.6 Å². The molecule has 2 heterocycles. The van der Waals surface area contributed by atoms with Crippen LogP contribution in [0.5, 0.6) is 5.75 Å². The summed E-state index contributed by atoms with van der Waals surface area (Å²) in [7, 11) is -3.76. The summed E-state index contributed by atoms with van der Waals surface area (Å²) in [5, 5.41) is 13.3. The summed E-state index contributed by atoms with van der Waals surface area (Å²) in [4.78, 5) is 25.1. The summed E-state index contributed by atoms with van der Waals surface area (Å²) in [5.74, 6) is -1.47. The predicted molar refractivity (Wildman–Crippen MR) is 175 cm³/mol. The van der Waals surface area contributed by atoms with Gasteiger partial charge in [-0.15, -0.1) is 11.3 Å². The molecule has 0 bridgehead atoms. The minimum Gasteiger partial charge on any atom is -0.479 e. The first-order chi connectivity index (χ1) is 21.2. The highest BCUT2D eigenvalue weighted by Crippen LogP contribution is 2.46. The summed E-state index contributed by atoms with van der Waals surface area (Å²) in [6, 6.07) is 16.0. The number of carbonyl (C=O) groups excluding carboxylic acids is 1. The van der Waals surface area contributed by atoms with Crippen LogP contribution in [-0.4, -0.2) is 57.8 Å². The largest absolute Gasteiger partial charge is 0.479 e. The van der Waals surface area contributed by atoms with Crippen LogP contribution in [0.1, 0.15) is 60.2 Å². The number of carbonyl (C=O) groups is 2. The molecule has 0 unspecified atom stereocenters. The maximum atomic E-state index is 13.9. The minimum atomic E-state index is -3.76. The van der Waals surface area contributed by atoms with Gasteiger partial charge in [0.25, 0.3) is 0 Å². The second-order valence-electron chi connectivity index (χ2n) is 11.3. The Hall–Kier alpha value is -2.93. The topological polar surface area (TPSA) is 122 Å². The molecule has 12 heteroatoms. The molecule has 0 amide bonds. The molecule has 0 spiro atoms. The number of anilines is 1. The Morgan fingerprint density at radius 3 is 2.43 bits per heavy atom. The molecule has 5 rings (SSSR count). The van der Waals surface area contributed by atoms with Crippen molar-refractivity contribution in [2.24, 2.45) is 5.92 Å². The van der Waals surface area contributed by atoms with Crippen molar-refractivity contribution in [1.82, 2.24) is 5.32 Å². The van der Waals surface area contributed by atoms with Gasteiger partial charge in [0, 0.05) is 6.04 Å². The number of thiophene rings is 1. The molecule has 44 heavy (non-hydrogen) atoms. The highest BCUT2D eigenvalue weighted by atomic mass is 79.9. The molecular weight excluding hydrogens is 668 g/mol. The maximum Gasteiger partial charge on any atom is 0.349 e. The van der Waals surface area contributed by atoms with E-state index >= 15 is 0 Å². The Kier molecular flexibility index (Phi) is 11.0. The van der Waals surface area contributed by atoms with Gasteiger partial charge >= 0.3 is 11.9 Å². The molecule has 2 aliphatic rings. The number of benzene rings is 2. The quantitative estimate of drug-likeness (QED) is 0.206. The van der Waals surface area contributed by atoms with Crippen molar-refractivity contribution in [2.75, 3.05) is 30.6 Å². The van der Waals surface area contributed by atoms with Crippen molar-refractivity contribution in [3.8, 4) is 16.2 Å². The smallest absolute Gasteiger partial charge is 0.349 e. The first-order valence-electron chi connectivity index (χ1n) is 14.9. The fourth-order valence-electron chi connectivity index (χ4n) is 5.87. The zero-order valence-corrected chi connectivity index (χ0v) is 27.6. The zero-order valence-electron chi connectivity index (χ0n) is 24.4. The van der Waals surface area contributed by atoms with Crippen molar-refractivity contribution >= 4 is 54.9 Å². The number of rotatable bonds is 12. The lowest BCUT2D eigenvalue weighted by Gasteiger charge is -2.35. The number of carboxylic acids is 1. The molecule has 2 aromatic carbocycles. The summed E-state index contributed by atoms with van der Waals surface area (Å²) in [6.07, 6.45) is 6.90. The van der Waals surface area contributed by atoms with Crippen LogP contribution >= 0.6 is 27.3 Å². The van der Waals surface area contributed by atoms with Crippen LogP contribution < -0.4 is 14.4 Å². The van der Waals surface area contributed by atoms with Crippen molar-refractivity contribution in [2.45, 2.75) is 56.7 Å². The van der Waals surface area contributed by atoms with Crippen molar-refractivity contribution in [1.29, 1.82) is 0 Å². The van der Waals surface area contributed by atoms with E-state index in [1.807, 2.05) is 18.2 Å². The van der Waals surface area contributed by atoms with Crippen LogP contribution in [-0.2, 0) is 25.3 Å². The number of sulfonamides is 1. The fourth-order valence-corrected chi connectivity index (χ4v) is 9.61. The number of hydrogen-bond donors (Lipinski definition) is 2. The number of hydrogen-bond acceptors (Lipinski definition) is 8. The molecule has 3 aromatic rings. The summed E-state index contributed by atoms with van der Waals surface area (Å²) in [5.41, 5.74) is 1.84. The Bertz CT molecular complexity index is 1550. The number of piperidine rings is 1. The van der Waals surface area contributed by atoms with Crippen molar-refractivity contribution in [3.05, 3.63) is 69.5 Å². The van der Waals surface area contributed by atoms with E-state index in [0.29, 0.717) is 64.6 Å². The maximum absolute atomic E-state index is 13.9. The van der Waals surface area contributed by atoms with Gasteiger partial charge < -0.3 is 19.9 Å². The van der Waals surface area contributed by atoms with E-state index in [-0.39, 0.29) is 22.4 Å². The second kappa shape index (κ2) is 14.9. The first kappa shape index (κ1) is 32.5. The van der Waals surface area contributed by atoms with Gasteiger partial charge in [-0.2, -0.15) is 0 Å². The standard InChI is InChI=1S/C32H37BrN2O7S2/c33-28-29(42-20-27(36)41-19-22-8-3-1-4-9-22)31(32(37)38)43-30(28)24-12-7-13-26(18-24)35(25-14-16-34-17-15-25)44(39,40)21-23-10-5-2-6-11-23/h2,5-7,10-13,18,22,25,34H,1,3-4,8-9,14-17,19-21H2,(H,37,38). The van der Waals surface area contributed by atoms with E-state index in [1.54, 1.807) is 36.4 Å². The normalized spacial score (nSPS) is 16.4. The summed E-state index contributed by atoms with van der Waals surface area (Å²) < 4.78 is 40.9. The molecule has 236 valence electrons. The van der Waals surface area contributed by atoms with Crippen LogP contribution in [0, 0.1) is 5.92 Å². The second-order valence-corrected chi connectivity index (χ2v) is 14.9. The number of ether oxygens (including phenoxy) is 2. The van der Waals surface area contributed by atoms with E-state index in [4.69, 9.17) is 9.47 Å². The highest BCUT2D eigenvalue weighted by Gasteiger charge is 2.32. The molecule has 9 nitrogen and oxygen atoms in total. The molecule has 0 radical (unpaired) electrons. The number of esters is 1. The lowest BCUT2D eigenvalue weighted by molar-refractivity contribution is -0.147. The molecule has 1 saturated carbocycles. The number of halogens is 1. The predicted octanol–water partition coefficient (Wildman–Crippen LogP) is 6.47. The number of nitrogens with one attached hydrogen (secondary N) is 1. The lowest BCUT2D eigenvalue weighted by atomic mass is 9.90. The summed E-state index contributed by atoms with van der Waals surface area (Å²) in [6.45, 7) is 1.36. The molecule has 2 N–H and O–H groups in total. The molecule has 2 fully saturated rings. The van der Waals surface area contributed by atoms with E-state index in [9.17, 15) is 23.1 Å². The zero-order chi connectivity index (χ0) is 31.1. The van der Waals surface area contributed by atoms with Gasteiger partial charge in [-0.1, -0.05) is 61.7 Å². The highest BCUT2D eigenvalue weighted by molar-refractivity contribution is 9.10. The molecular formula is C32H37BrN2O7S2. The van der Waals surface area contributed by atoms with Crippen LogP contribution in [0.15, 0.2) is 59.1 Å². The third-order valence-electron chi connectivity index (χ3n) is 8.04. The average molecular weight is 706 g/mol. The van der Waals surface area contributed by atoms with Crippen LogP contribution in [0.2, 0.25) is 0 Å². The molecule has 1 aliphatic carbocycles. The number of aromatic carboxylic acids is 1. The third-order valence-corrected chi connectivity index (χ3v) is 12.1. The van der Waals surface area contributed by atoms with Crippen LogP contribution in [0.3, 0.4) is 0 Å². The van der Waals surface area contributed by atoms with Gasteiger partial charge in [0.15, 0.2) is 17.2 Å². The molecule has 0 atom stereocenters. The van der Waals surface area contributed by atoms with Gasteiger partial charge in [0.2, 0.25) is 10.0 Å². The SMILES string of the molecule is O=C(COc1c(C(=O)O)sc(-c2cccc(N(C3CCNCC3)S(=O)(=O)Cc3ccccc3)c2)c1Br)OCC1CCCCC1. The Balaban J connectivity index is 1.40. The Labute approximate surface area is 270 Å². The monoisotopic (exact) mass is 704 g/mol. The number of carboxylic acid groups (broad SMARTS) is 1. The van der Waals surface area contributed by atoms with Gasteiger partial charge in [0.1, 0.15) is 0 Å². The van der Waals surface area contributed by atoms with Crippen molar-refractivity contribution in [3.63, 3.8) is 0 Å². The number of nitrogens with zero attached hydrogens (tertiary/aromatic N) is 1. The molecule has 1 aliphatic heterocycles. The van der Waals surface area contributed by atoms with E-state index in [2.05, 4.69) is 21.2 Å². The average Bonchev–Trinajstić information content (AvgIpc) is 3.36. The van der Waals surface area contributed by atoms with Gasteiger partial charge in [0.05, 0.1) is 27.4 Å². The molecule has 1 saturated heterocycles. The summed E-state index contributed by atoms with van der Waals surface area (Å²) >= 11 is 4.51.